The fraction of sp³-hybridized carbons (Fsp3) is 0.571. The van der Waals surface area contributed by atoms with Gasteiger partial charge in [-0.15, -0.1) is 0 Å². The lowest BCUT2D eigenvalue weighted by Gasteiger charge is -2.23. The van der Waals surface area contributed by atoms with Gasteiger partial charge in [0.25, 0.3) is 5.91 Å². The average molecular weight is 298 g/mol. The van der Waals surface area contributed by atoms with Crippen LogP contribution in [-0.2, 0) is 0 Å². The number of amides is 1. The van der Waals surface area contributed by atoms with Gasteiger partial charge in [-0.25, -0.2) is 4.98 Å². The Balaban J connectivity index is 2.20. The van der Waals surface area contributed by atoms with E-state index in [1.165, 1.54) is 0 Å². The molecule has 20 heavy (non-hydrogen) atoms. The van der Waals surface area contributed by atoms with Crippen LogP contribution in [0.15, 0.2) is 12.1 Å². The topological polar surface area (TPSA) is 65.5 Å². The van der Waals surface area contributed by atoms with Crippen LogP contribution >= 0.6 is 11.6 Å². The molecule has 2 heterocycles. The number of anilines is 1. The summed E-state index contributed by atoms with van der Waals surface area (Å²) >= 11 is 6.09. The number of halogens is 1. The number of hydrogen-bond acceptors (Lipinski definition) is 4. The Morgan fingerprint density at radius 1 is 1.60 bits per heavy atom. The van der Waals surface area contributed by atoms with Crippen molar-refractivity contribution in [1.29, 1.82) is 0 Å². The number of aromatic nitrogens is 1. The molecule has 1 aliphatic rings. The van der Waals surface area contributed by atoms with Gasteiger partial charge in [-0.2, -0.15) is 0 Å². The summed E-state index contributed by atoms with van der Waals surface area (Å²) in [6.45, 7) is 3.49. The number of aliphatic hydroxyl groups excluding tert-OH is 1. The van der Waals surface area contributed by atoms with Gasteiger partial charge in [0.15, 0.2) is 0 Å². The third kappa shape index (κ3) is 3.22. The third-order valence-electron chi connectivity index (χ3n) is 3.45. The molecule has 0 radical (unpaired) electrons. The molecule has 5 nitrogen and oxygen atoms in total. The molecule has 1 aliphatic heterocycles. The Morgan fingerprint density at radius 2 is 2.40 bits per heavy atom. The Labute approximate surface area is 123 Å². The summed E-state index contributed by atoms with van der Waals surface area (Å²) in [4.78, 5) is 18.5. The molecule has 2 rings (SSSR count). The standard InChI is InChI=1S/C14H20ClN3O2/c1-2-7-16-12-6-5-11(15)13(17-12)14(20)18-8-3-4-10(18)9-19/h5-6,10,19H,2-4,7-9H2,1H3,(H,16,17). The molecule has 6 heteroatoms. The molecular formula is C14H20ClN3O2. The number of hydrogen-bond donors (Lipinski definition) is 2. The van der Waals surface area contributed by atoms with Gasteiger partial charge in [-0.3, -0.25) is 4.79 Å². The van der Waals surface area contributed by atoms with Crippen LogP contribution in [0.2, 0.25) is 5.02 Å². The fourth-order valence-corrected chi connectivity index (χ4v) is 2.56. The van der Waals surface area contributed by atoms with E-state index in [1.807, 2.05) is 0 Å². The minimum Gasteiger partial charge on any atom is -0.394 e. The normalized spacial score (nSPS) is 18.4. The van der Waals surface area contributed by atoms with Gasteiger partial charge in [0.05, 0.1) is 17.7 Å². The highest BCUT2D eigenvalue weighted by atomic mass is 35.5. The second kappa shape index (κ2) is 6.90. The molecule has 0 saturated carbocycles. The molecule has 1 saturated heterocycles. The molecule has 1 fully saturated rings. The van der Waals surface area contributed by atoms with Crippen LogP contribution in [0.3, 0.4) is 0 Å². The summed E-state index contributed by atoms with van der Waals surface area (Å²) in [6.07, 6.45) is 2.71. The van der Waals surface area contributed by atoms with E-state index < -0.39 is 0 Å². The molecule has 0 spiro atoms. The van der Waals surface area contributed by atoms with Crippen molar-refractivity contribution in [3.63, 3.8) is 0 Å². The minimum absolute atomic E-state index is 0.0167. The van der Waals surface area contributed by atoms with Gasteiger partial charge in [-0.1, -0.05) is 18.5 Å². The maximum absolute atomic E-state index is 12.5. The number of aliphatic hydroxyl groups is 1. The van der Waals surface area contributed by atoms with Crippen molar-refractivity contribution in [2.24, 2.45) is 0 Å². The Morgan fingerprint density at radius 3 is 3.10 bits per heavy atom. The quantitative estimate of drug-likeness (QED) is 0.874. The lowest BCUT2D eigenvalue weighted by atomic mass is 10.2. The lowest BCUT2D eigenvalue weighted by molar-refractivity contribution is 0.0672. The zero-order valence-corrected chi connectivity index (χ0v) is 12.4. The number of carbonyl (C=O) groups is 1. The summed E-state index contributed by atoms with van der Waals surface area (Å²) in [5.74, 6) is 0.450. The smallest absolute Gasteiger partial charge is 0.274 e. The molecule has 1 aromatic rings. The van der Waals surface area contributed by atoms with Gasteiger partial charge in [-0.05, 0) is 31.4 Å². The largest absolute Gasteiger partial charge is 0.394 e. The first-order valence-electron chi connectivity index (χ1n) is 6.99. The van der Waals surface area contributed by atoms with Crippen LogP contribution in [0.5, 0.6) is 0 Å². The Hall–Kier alpha value is -1.33. The van der Waals surface area contributed by atoms with Crippen molar-refractivity contribution in [2.75, 3.05) is 25.0 Å². The van der Waals surface area contributed by atoms with Crippen LogP contribution in [0.1, 0.15) is 36.7 Å². The molecule has 0 bridgehead atoms. The van der Waals surface area contributed by atoms with E-state index in [2.05, 4.69) is 17.2 Å². The monoisotopic (exact) mass is 297 g/mol. The summed E-state index contributed by atoms with van der Waals surface area (Å²) in [6, 6.07) is 3.33. The summed E-state index contributed by atoms with van der Waals surface area (Å²) < 4.78 is 0. The average Bonchev–Trinajstić information content (AvgIpc) is 2.94. The first-order valence-corrected chi connectivity index (χ1v) is 7.37. The molecular weight excluding hydrogens is 278 g/mol. The Bertz CT molecular complexity index is 481. The molecule has 0 aromatic carbocycles. The molecule has 2 N–H and O–H groups in total. The van der Waals surface area contributed by atoms with Crippen molar-refractivity contribution < 1.29 is 9.90 Å². The third-order valence-corrected chi connectivity index (χ3v) is 3.76. The van der Waals surface area contributed by atoms with Crippen LogP contribution in [-0.4, -0.2) is 46.6 Å². The van der Waals surface area contributed by atoms with Gasteiger partial charge in [0, 0.05) is 13.1 Å². The fourth-order valence-electron chi connectivity index (χ4n) is 2.37. The highest BCUT2D eigenvalue weighted by Crippen LogP contribution is 2.23. The van der Waals surface area contributed by atoms with Crippen LogP contribution in [0.25, 0.3) is 0 Å². The van der Waals surface area contributed by atoms with Gasteiger partial charge in [0.2, 0.25) is 0 Å². The lowest BCUT2D eigenvalue weighted by Crippen LogP contribution is -2.38. The maximum Gasteiger partial charge on any atom is 0.274 e. The van der Waals surface area contributed by atoms with Crippen LogP contribution in [0.4, 0.5) is 5.82 Å². The Kier molecular flexibility index (Phi) is 5.20. The summed E-state index contributed by atoms with van der Waals surface area (Å²) in [7, 11) is 0. The molecule has 1 unspecified atom stereocenters. The number of nitrogens with zero attached hydrogens (tertiary/aromatic N) is 2. The number of pyridine rings is 1. The molecule has 0 aliphatic carbocycles. The van der Waals surface area contributed by atoms with Gasteiger partial charge in [0.1, 0.15) is 11.5 Å². The van der Waals surface area contributed by atoms with Crippen LogP contribution < -0.4 is 5.32 Å². The SMILES string of the molecule is CCCNc1ccc(Cl)c(C(=O)N2CCCC2CO)n1. The first kappa shape index (κ1) is 15.1. The molecule has 1 amide bonds. The maximum atomic E-state index is 12.5. The van der Waals surface area contributed by atoms with Crippen molar-refractivity contribution in [3.05, 3.63) is 22.8 Å². The number of nitrogens with one attached hydrogen (secondary N) is 1. The van der Waals surface area contributed by atoms with E-state index in [0.717, 1.165) is 25.8 Å². The highest BCUT2D eigenvalue weighted by Gasteiger charge is 2.30. The minimum atomic E-state index is -0.202. The molecule has 1 atom stereocenters. The van der Waals surface area contributed by atoms with E-state index in [1.54, 1.807) is 17.0 Å². The zero-order chi connectivity index (χ0) is 14.5. The van der Waals surface area contributed by atoms with Crippen molar-refractivity contribution in [1.82, 2.24) is 9.88 Å². The van der Waals surface area contributed by atoms with E-state index >= 15 is 0 Å². The predicted molar refractivity (Wildman–Crippen MR) is 79.2 cm³/mol. The summed E-state index contributed by atoms with van der Waals surface area (Å²) in [5.41, 5.74) is 0.258. The van der Waals surface area contributed by atoms with Crippen molar-refractivity contribution >= 4 is 23.3 Å². The van der Waals surface area contributed by atoms with E-state index in [0.29, 0.717) is 17.4 Å². The summed E-state index contributed by atoms with van der Waals surface area (Å²) in [5, 5.41) is 12.8. The number of rotatable bonds is 5. The van der Waals surface area contributed by atoms with Gasteiger partial charge >= 0.3 is 0 Å². The first-order chi connectivity index (χ1) is 9.67. The number of likely N-dealkylation sites (tertiary alicyclic amines) is 1. The van der Waals surface area contributed by atoms with E-state index in [-0.39, 0.29) is 24.2 Å². The predicted octanol–water partition coefficient (Wildman–Crippen LogP) is 2.15. The zero-order valence-electron chi connectivity index (χ0n) is 11.6. The highest BCUT2D eigenvalue weighted by molar-refractivity contribution is 6.33. The molecule has 1 aromatic heterocycles. The van der Waals surface area contributed by atoms with Crippen molar-refractivity contribution in [3.8, 4) is 0 Å². The second-order valence-electron chi connectivity index (χ2n) is 4.93. The van der Waals surface area contributed by atoms with Crippen molar-refractivity contribution in [2.45, 2.75) is 32.2 Å². The second-order valence-corrected chi connectivity index (χ2v) is 5.34. The van der Waals surface area contributed by atoms with E-state index in [4.69, 9.17) is 11.6 Å². The molecule has 110 valence electrons. The number of carbonyl (C=O) groups excluding carboxylic acids is 1. The van der Waals surface area contributed by atoms with Gasteiger partial charge < -0.3 is 15.3 Å². The van der Waals surface area contributed by atoms with E-state index in [9.17, 15) is 9.90 Å². The van der Waals surface area contributed by atoms with Crippen LogP contribution in [0, 0.1) is 0 Å².